The second kappa shape index (κ2) is 5.01. The highest BCUT2D eigenvalue weighted by atomic mass is 32.2. The molecule has 2 aromatic heterocycles. The van der Waals surface area contributed by atoms with Crippen molar-refractivity contribution in [3.63, 3.8) is 0 Å². The third kappa shape index (κ3) is 2.46. The smallest absolute Gasteiger partial charge is 0.172 e. The Bertz CT molecular complexity index is 724. The highest BCUT2D eigenvalue weighted by Crippen LogP contribution is 2.24. The number of imidazole rings is 1. The summed E-state index contributed by atoms with van der Waals surface area (Å²) in [6, 6.07) is 9.26. The Morgan fingerprint density at radius 3 is 2.95 bits per heavy atom. The fourth-order valence-corrected chi connectivity index (χ4v) is 2.76. The predicted octanol–water partition coefficient (Wildman–Crippen LogP) is 3.90. The SMILES string of the molecule is Fc1ccc(F)c(CSc2ncc3ccccn23)c1. The Kier molecular flexibility index (Phi) is 3.21. The first-order valence-electron chi connectivity index (χ1n) is 5.73. The molecule has 3 aromatic rings. The predicted molar refractivity (Wildman–Crippen MR) is 71.1 cm³/mol. The van der Waals surface area contributed by atoms with Gasteiger partial charge in [0.2, 0.25) is 0 Å². The van der Waals surface area contributed by atoms with Crippen molar-refractivity contribution in [2.45, 2.75) is 10.9 Å². The molecule has 0 atom stereocenters. The van der Waals surface area contributed by atoms with Gasteiger partial charge < -0.3 is 0 Å². The third-order valence-electron chi connectivity index (χ3n) is 2.77. The van der Waals surface area contributed by atoms with Crippen LogP contribution in [0.5, 0.6) is 0 Å². The molecule has 0 N–H and O–H groups in total. The quantitative estimate of drug-likeness (QED) is 0.675. The van der Waals surface area contributed by atoms with E-state index in [2.05, 4.69) is 4.98 Å². The molecule has 3 rings (SSSR count). The van der Waals surface area contributed by atoms with E-state index in [0.717, 1.165) is 22.8 Å². The van der Waals surface area contributed by atoms with Crippen molar-refractivity contribution >= 4 is 17.3 Å². The monoisotopic (exact) mass is 276 g/mol. The van der Waals surface area contributed by atoms with Crippen LogP contribution in [0.15, 0.2) is 53.9 Å². The Morgan fingerprint density at radius 2 is 2.05 bits per heavy atom. The number of benzene rings is 1. The summed E-state index contributed by atoms with van der Waals surface area (Å²) in [7, 11) is 0. The van der Waals surface area contributed by atoms with Crippen molar-refractivity contribution < 1.29 is 8.78 Å². The lowest BCUT2D eigenvalue weighted by Crippen LogP contribution is -1.91. The van der Waals surface area contributed by atoms with E-state index in [1.165, 1.54) is 17.8 Å². The van der Waals surface area contributed by atoms with Crippen molar-refractivity contribution in [3.8, 4) is 0 Å². The lowest BCUT2D eigenvalue weighted by molar-refractivity contribution is 0.591. The van der Waals surface area contributed by atoms with Gasteiger partial charge in [-0.05, 0) is 30.3 Å². The van der Waals surface area contributed by atoms with Gasteiger partial charge in [-0.3, -0.25) is 4.40 Å². The molecule has 0 spiro atoms. The summed E-state index contributed by atoms with van der Waals surface area (Å²) in [5.41, 5.74) is 1.32. The number of nitrogens with zero attached hydrogens (tertiary/aromatic N) is 2. The number of pyridine rings is 1. The molecule has 0 saturated carbocycles. The van der Waals surface area contributed by atoms with E-state index >= 15 is 0 Å². The van der Waals surface area contributed by atoms with Gasteiger partial charge in [-0.25, -0.2) is 13.8 Å². The number of thioether (sulfide) groups is 1. The van der Waals surface area contributed by atoms with Crippen molar-refractivity contribution in [1.29, 1.82) is 0 Å². The number of fused-ring (bicyclic) bond motifs is 1. The molecule has 0 unspecified atom stereocenters. The lowest BCUT2D eigenvalue weighted by Gasteiger charge is -2.03. The molecule has 19 heavy (non-hydrogen) atoms. The minimum absolute atomic E-state index is 0.345. The number of rotatable bonds is 3. The molecular weight excluding hydrogens is 266 g/mol. The molecular formula is C14H10F2N2S. The van der Waals surface area contributed by atoms with E-state index in [9.17, 15) is 8.78 Å². The molecule has 0 saturated heterocycles. The molecule has 1 aromatic carbocycles. The van der Waals surface area contributed by atoms with Gasteiger partial charge in [0.05, 0.1) is 11.7 Å². The highest BCUT2D eigenvalue weighted by Gasteiger charge is 2.08. The fraction of sp³-hybridized carbons (Fsp3) is 0.0714. The van der Waals surface area contributed by atoms with Gasteiger partial charge in [-0.1, -0.05) is 17.8 Å². The zero-order valence-electron chi connectivity index (χ0n) is 9.88. The van der Waals surface area contributed by atoms with Gasteiger partial charge in [0.1, 0.15) is 11.6 Å². The minimum atomic E-state index is -0.426. The van der Waals surface area contributed by atoms with Crippen LogP contribution >= 0.6 is 11.8 Å². The molecule has 0 radical (unpaired) electrons. The summed E-state index contributed by atoms with van der Waals surface area (Å²) in [4.78, 5) is 4.27. The maximum atomic E-state index is 13.5. The van der Waals surface area contributed by atoms with Crippen LogP contribution in [0.25, 0.3) is 5.52 Å². The molecule has 0 aliphatic carbocycles. The van der Waals surface area contributed by atoms with Crippen LogP contribution in [0.1, 0.15) is 5.56 Å². The van der Waals surface area contributed by atoms with E-state index in [1.54, 1.807) is 6.20 Å². The maximum absolute atomic E-state index is 13.5. The van der Waals surface area contributed by atoms with Crippen LogP contribution in [0.4, 0.5) is 8.78 Å². The molecule has 0 aliphatic heterocycles. The van der Waals surface area contributed by atoms with Gasteiger partial charge in [-0.15, -0.1) is 0 Å². The van der Waals surface area contributed by atoms with Crippen molar-refractivity contribution in [3.05, 3.63) is 66.0 Å². The summed E-state index contributed by atoms with van der Waals surface area (Å²) in [5.74, 6) is -0.475. The topological polar surface area (TPSA) is 17.3 Å². The van der Waals surface area contributed by atoms with Crippen LogP contribution < -0.4 is 0 Å². The average Bonchev–Trinajstić information content (AvgIpc) is 2.83. The second-order valence-electron chi connectivity index (χ2n) is 4.06. The molecule has 96 valence electrons. The first kappa shape index (κ1) is 12.2. The van der Waals surface area contributed by atoms with Gasteiger partial charge in [0.15, 0.2) is 5.16 Å². The average molecular weight is 276 g/mol. The Labute approximate surface area is 113 Å². The molecule has 5 heteroatoms. The fourth-order valence-electron chi connectivity index (χ4n) is 1.82. The number of aromatic nitrogens is 2. The standard InChI is InChI=1S/C14H10F2N2S/c15-11-4-5-13(16)10(7-11)9-19-14-17-8-12-3-1-2-6-18(12)14/h1-8H,9H2. The van der Waals surface area contributed by atoms with Crippen molar-refractivity contribution in [2.75, 3.05) is 0 Å². The highest BCUT2D eigenvalue weighted by molar-refractivity contribution is 7.98. The zero-order chi connectivity index (χ0) is 13.2. The Balaban J connectivity index is 1.84. The second-order valence-corrected chi connectivity index (χ2v) is 5.00. The maximum Gasteiger partial charge on any atom is 0.172 e. The minimum Gasteiger partial charge on any atom is -0.295 e. The van der Waals surface area contributed by atoms with Crippen LogP contribution in [0, 0.1) is 11.6 Å². The van der Waals surface area contributed by atoms with Gasteiger partial charge >= 0.3 is 0 Å². The number of halogens is 2. The van der Waals surface area contributed by atoms with Crippen LogP contribution in [-0.2, 0) is 5.75 Å². The third-order valence-corrected chi connectivity index (χ3v) is 3.78. The summed E-state index contributed by atoms with van der Waals surface area (Å²) in [6.45, 7) is 0. The summed E-state index contributed by atoms with van der Waals surface area (Å²) in [5, 5.41) is 0.763. The molecule has 0 amide bonds. The summed E-state index contributed by atoms with van der Waals surface area (Å²) < 4.78 is 28.5. The van der Waals surface area contributed by atoms with E-state index in [-0.39, 0.29) is 0 Å². The molecule has 2 nitrogen and oxygen atoms in total. The first-order valence-corrected chi connectivity index (χ1v) is 6.71. The molecule has 0 fully saturated rings. The van der Waals surface area contributed by atoms with Crippen molar-refractivity contribution in [2.24, 2.45) is 0 Å². The zero-order valence-corrected chi connectivity index (χ0v) is 10.7. The summed E-state index contributed by atoms with van der Waals surface area (Å²) in [6.07, 6.45) is 3.65. The normalized spacial score (nSPS) is 11.1. The van der Waals surface area contributed by atoms with E-state index in [0.29, 0.717) is 11.3 Å². The molecule has 0 bridgehead atoms. The first-order chi connectivity index (χ1) is 9.24. The van der Waals surface area contributed by atoms with Crippen LogP contribution in [-0.4, -0.2) is 9.38 Å². The van der Waals surface area contributed by atoms with Gasteiger partial charge in [0.25, 0.3) is 0 Å². The largest absolute Gasteiger partial charge is 0.295 e. The van der Waals surface area contributed by atoms with Gasteiger partial charge in [0, 0.05) is 17.5 Å². The van der Waals surface area contributed by atoms with Crippen LogP contribution in [0.3, 0.4) is 0 Å². The Morgan fingerprint density at radius 1 is 1.16 bits per heavy atom. The number of hydrogen-bond acceptors (Lipinski definition) is 2. The molecule has 0 aliphatic rings. The molecule has 2 heterocycles. The number of hydrogen-bond donors (Lipinski definition) is 0. The van der Waals surface area contributed by atoms with Gasteiger partial charge in [-0.2, -0.15) is 0 Å². The van der Waals surface area contributed by atoms with E-state index < -0.39 is 11.6 Å². The van der Waals surface area contributed by atoms with Crippen molar-refractivity contribution in [1.82, 2.24) is 9.38 Å². The van der Waals surface area contributed by atoms with E-state index in [1.807, 2.05) is 28.8 Å². The Hall–Kier alpha value is -1.88. The summed E-state index contributed by atoms with van der Waals surface area (Å²) >= 11 is 1.38. The van der Waals surface area contributed by atoms with E-state index in [4.69, 9.17) is 0 Å². The van der Waals surface area contributed by atoms with Crippen LogP contribution in [0.2, 0.25) is 0 Å². The lowest BCUT2D eigenvalue weighted by atomic mass is 10.2.